The molecule has 25 heavy (non-hydrogen) atoms. The maximum absolute atomic E-state index is 13.4. The standard InChI is InChI=1S/C19H17ClFNO3/c1-22(12-14-6-9-16(20)10-7-14)18(23)13-25-19(24)11-8-15-4-2-3-5-17(15)21/h2-11H,12-13H2,1H3/b11-8+. The summed E-state index contributed by atoms with van der Waals surface area (Å²) in [5.41, 5.74) is 1.18. The molecule has 0 saturated carbocycles. The first kappa shape index (κ1) is 18.7. The van der Waals surface area contributed by atoms with E-state index < -0.39 is 11.8 Å². The number of amides is 1. The molecular formula is C19H17ClFNO3. The summed E-state index contributed by atoms with van der Waals surface area (Å²) in [5, 5.41) is 0.619. The average Bonchev–Trinajstić information content (AvgIpc) is 2.60. The van der Waals surface area contributed by atoms with Crippen molar-refractivity contribution in [3.05, 3.63) is 76.6 Å². The number of carbonyl (C=O) groups is 2. The Morgan fingerprint density at radius 3 is 2.52 bits per heavy atom. The molecule has 0 N–H and O–H groups in total. The van der Waals surface area contributed by atoms with Crippen molar-refractivity contribution in [2.75, 3.05) is 13.7 Å². The maximum Gasteiger partial charge on any atom is 0.331 e. The Morgan fingerprint density at radius 2 is 1.84 bits per heavy atom. The highest BCUT2D eigenvalue weighted by Crippen LogP contribution is 2.11. The summed E-state index contributed by atoms with van der Waals surface area (Å²) >= 11 is 5.81. The van der Waals surface area contributed by atoms with Gasteiger partial charge in [-0.2, -0.15) is 0 Å². The topological polar surface area (TPSA) is 46.6 Å². The molecular weight excluding hydrogens is 345 g/mol. The summed E-state index contributed by atoms with van der Waals surface area (Å²) in [6.45, 7) is -0.0108. The highest BCUT2D eigenvalue weighted by atomic mass is 35.5. The van der Waals surface area contributed by atoms with Gasteiger partial charge < -0.3 is 9.64 Å². The molecule has 0 saturated heterocycles. The predicted octanol–water partition coefficient (Wildman–Crippen LogP) is 3.69. The van der Waals surface area contributed by atoms with Gasteiger partial charge in [0.05, 0.1) is 0 Å². The lowest BCUT2D eigenvalue weighted by Crippen LogP contribution is -2.30. The van der Waals surface area contributed by atoms with Crippen molar-refractivity contribution >= 4 is 29.6 Å². The van der Waals surface area contributed by atoms with Gasteiger partial charge >= 0.3 is 5.97 Å². The number of ether oxygens (including phenoxy) is 1. The van der Waals surface area contributed by atoms with Crippen LogP contribution in [0, 0.1) is 5.82 Å². The summed E-state index contributed by atoms with van der Waals surface area (Å²) < 4.78 is 18.3. The van der Waals surface area contributed by atoms with E-state index >= 15 is 0 Å². The van der Waals surface area contributed by atoms with Crippen LogP contribution in [0.15, 0.2) is 54.6 Å². The van der Waals surface area contributed by atoms with E-state index in [2.05, 4.69) is 0 Å². The van der Waals surface area contributed by atoms with E-state index in [1.54, 1.807) is 31.3 Å². The number of halogens is 2. The van der Waals surface area contributed by atoms with Gasteiger partial charge in [-0.15, -0.1) is 0 Å². The van der Waals surface area contributed by atoms with Gasteiger partial charge in [-0.3, -0.25) is 4.79 Å². The minimum absolute atomic E-state index is 0.269. The van der Waals surface area contributed by atoms with Crippen LogP contribution in [-0.2, 0) is 20.9 Å². The first-order chi connectivity index (χ1) is 12.0. The number of nitrogens with zero attached hydrogens (tertiary/aromatic N) is 1. The Kier molecular flexibility index (Phi) is 6.71. The molecule has 2 aromatic rings. The smallest absolute Gasteiger partial charge is 0.331 e. The highest BCUT2D eigenvalue weighted by Gasteiger charge is 2.11. The molecule has 0 bridgehead atoms. The molecule has 0 aliphatic carbocycles. The van der Waals surface area contributed by atoms with Crippen LogP contribution in [0.25, 0.3) is 6.08 Å². The predicted molar refractivity (Wildman–Crippen MR) is 94.3 cm³/mol. The third-order valence-corrected chi connectivity index (χ3v) is 3.65. The number of rotatable bonds is 6. The second-order valence-electron chi connectivity index (χ2n) is 5.34. The van der Waals surface area contributed by atoms with Crippen molar-refractivity contribution < 1.29 is 18.7 Å². The number of hydrogen-bond donors (Lipinski definition) is 0. The van der Waals surface area contributed by atoms with Crippen LogP contribution >= 0.6 is 11.6 Å². The largest absolute Gasteiger partial charge is 0.452 e. The Bertz CT molecular complexity index is 774. The van der Waals surface area contributed by atoms with Crippen LogP contribution in [0.1, 0.15) is 11.1 Å². The zero-order valence-corrected chi connectivity index (χ0v) is 14.4. The molecule has 0 aromatic heterocycles. The van der Waals surface area contributed by atoms with E-state index in [1.807, 2.05) is 12.1 Å². The van der Waals surface area contributed by atoms with Crippen molar-refractivity contribution in [2.45, 2.75) is 6.54 Å². The Labute approximate surface area is 150 Å². The van der Waals surface area contributed by atoms with Gasteiger partial charge in [0.25, 0.3) is 5.91 Å². The van der Waals surface area contributed by atoms with E-state index in [-0.39, 0.29) is 18.1 Å². The molecule has 130 valence electrons. The first-order valence-corrected chi connectivity index (χ1v) is 7.91. The number of hydrogen-bond acceptors (Lipinski definition) is 3. The van der Waals surface area contributed by atoms with Crippen LogP contribution in [0.4, 0.5) is 4.39 Å². The van der Waals surface area contributed by atoms with E-state index in [4.69, 9.17) is 16.3 Å². The molecule has 0 fully saturated rings. The monoisotopic (exact) mass is 361 g/mol. The zero-order chi connectivity index (χ0) is 18.2. The van der Waals surface area contributed by atoms with Crippen molar-refractivity contribution in [1.82, 2.24) is 4.90 Å². The van der Waals surface area contributed by atoms with Crippen LogP contribution in [0.2, 0.25) is 5.02 Å². The SMILES string of the molecule is CN(Cc1ccc(Cl)cc1)C(=O)COC(=O)/C=C/c1ccccc1F. The van der Waals surface area contributed by atoms with E-state index in [0.717, 1.165) is 11.6 Å². The number of benzene rings is 2. The molecule has 6 heteroatoms. The minimum Gasteiger partial charge on any atom is -0.452 e. The van der Waals surface area contributed by atoms with Crippen molar-refractivity contribution in [3.63, 3.8) is 0 Å². The molecule has 0 aliphatic rings. The van der Waals surface area contributed by atoms with Gasteiger partial charge in [0.1, 0.15) is 5.82 Å². The van der Waals surface area contributed by atoms with Crippen molar-refractivity contribution in [1.29, 1.82) is 0 Å². The quantitative estimate of drug-likeness (QED) is 0.582. The summed E-state index contributed by atoms with van der Waals surface area (Å²) in [6, 6.07) is 13.1. The van der Waals surface area contributed by atoms with Crippen LogP contribution in [0.3, 0.4) is 0 Å². The molecule has 0 radical (unpaired) electrons. The van der Waals surface area contributed by atoms with Crippen molar-refractivity contribution in [3.8, 4) is 0 Å². The molecule has 0 aliphatic heterocycles. The van der Waals surface area contributed by atoms with Gasteiger partial charge in [0.15, 0.2) is 6.61 Å². The van der Waals surface area contributed by atoms with Crippen LogP contribution < -0.4 is 0 Å². The fraction of sp³-hybridized carbons (Fsp3) is 0.158. The summed E-state index contributed by atoms with van der Waals surface area (Å²) in [6.07, 6.45) is 2.39. The lowest BCUT2D eigenvalue weighted by atomic mass is 10.2. The van der Waals surface area contributed by atoms with E-state index in [0.29, 0.717) is 11.6 Å². The maximum atomic E-state index is 13.4. The third-order valence-electron chi connectivity index (χ3n) is 3.40. The summed E-state index contributed by atoms with van der Waals surface area (Å²) in [5.74, 6) is -1.50. The molecule has 0 spiro atoms. The van der Waals surface area contributed by atoms with E-state index in [9.17, 15) is 14.0 Å². The normalized spacial score (nSPS) is 10.7. The number of likely N-dealkylation sites (N-methyl/N-ethyl adjacent to an activating group) is 1. The fourth-order valence-electron chi connectivity index (χ4n) is 2.01. The average molecular weight is 362 g/mol. The number of carbonyl (C=O) groups excluding carboxylic acids is 2. The number of esters is 1. The summed E-state index contributed by atoms with van der Waals surface area (Å²) in [4.78, 5) is 25.1. The molecule has 0 atom stereocenters. The van der Waals surface area contributed by atoms with E-state index in [1.165, 1.54) is 23.1 Å². The second kappa shape index (κ2) is 8.99. The zero-order valence-electron chi connectivity index (χ0n) is 13.6. The summed E-state index contributed by atoms with van der Waals surface area (Å²) in [7, 11) is 1.61. The molecule has 1 amide bonds. The molecule has 2 aromatic carbocycles. The Balaban J connectivity index is 1.81. The van der Waals surface area contributed by atoms with Gasteiger partial charge in [-0.1, -0.05) is 41.9 Å². The van der Waals surface area contributed by atoms with Crippen LogP contribution in [0.5, 0.6) is 0 Å². The van der Waals surface area contributed by atoms with Gasteiger partial charge in [-0.25, -0.2) is 9.18 Å². The van der Waals surface area contributed by atoms with Gasteiger partial charge in [-0.05, 0) is 29.8 Å². The second-order valence-corrected chi connectivity index (χ2v) is 5.78. The van der Waals surface area contributed by atoms with Crippen LogP contribution in [-0.4, -0.2) is 30.4 Å². The molecule has 0 unspecified atom stereocenters. The molecule has 4 nitrogen and oxygen atoms in total. The first-order valence-electron chi connectivity index (χ1n) is 7.53. The van der Waals surface area contributed by atoms with Gasteiger partial charge in [0.2, 0.25) is 0 Å². The molecule has 2 rings (SSSR count). The highest BCUT2D eigenvalue weighted by molar-refractivity contribution is 6.30. The molecule has 0 heterocycles. The minimum atomic E-state index is -0.712. The lowest BCUT2D eigenvalue weighted by molar-refractivity contribution is -0.147. The van der Waals surface area contributed by atoms with Crippen molar-refractivity contribution in [2.24, 2.45) is 0 Å². The third kappa shape index (κ3) is 6.04. The Morgan fingerprint density at radius 1 is 1.16 bits per heavy atom. The van der Waals surface area contributed by atoms with Gasteiger partial charge in [0, 0.05) is 30.3 Å². The fourth-order valence-corrected chi connectivity index (χ4v) is 2.14. The Hall–Kier alpha value is -2.66. The lowest BCUT2D eigenvalue weighted by Gasteiger charge is -2.17.